The number of hydrogen-bond donors (Lipinski definition) is 2. The molecule has 2 fully saturated rings. The largest absolute Gasteiger partial charge is 0.494 e. The lowest BCUT2D eigenvalue weighted by Crippen LogP contribution is -2.56. The maximum atomic E-state index is 13.8. The lowest BCUT2D eigenvalue weighted by Gasteiger charge is -2.41. The molecule has 0 aromatic heterocycles. The molecule has 1 spiro atoms. The van der Waals surface area contributed by atoms with Crippen molar-refractivity contribution in [1.82, 2.24) is 10.2 Å². The van der Waals surface area contributed by atoms with Gasteiger partial charge in [0.1, 0.15) is 0 Å². The van der Waals surface area contributed by atoms with Gasteiger partial charge in [-0.15, -0.1) is 0 Å². The number of carboxylic acids is 1. The van der Waals surface area contributed by atoms with Gasteiger partial charge in [-0.25, -0.2) is 4.39 Å². The second-order valence-electron chi connectivity index (χ2n) is 6.44. The first-order valence-corrected chi connectivity index (χ1v) is 8.03. The fourth-order valence-corrected chi connectivity index (χ4v) is 3.68. The summed E-state index contributed by atoms with van der Waals surface area (Å²) in [5.74, 6) is -2.94. The second-order valence-corrected chi connectivity index (χ2v) is 6.44. The predicted molar refractivity (Wildman–Crippen MR) is 84.7 cm³/mol. The zero-order valence-electron chi connectivity index (χ0n) is 13.8. The molecule has 8 heteroatoms. The number of piperidine rings is 1. The summed E-state index contributed by atoms with van der Waals surface area (Å²) < 4.78 is 18.6. The number of aliphatic carboxylic acids is 1. The van der Waals surface area contributed by atoms with Crippen molar-refractivity contribution in [3.8, 4) is 5.75 Å². The molecule has 2 heterocycles. The summed E-state index contributed by atoms with van der Waals surface area (Å²) >= 11 is 0. The number of carboxylic acid groups (broad SMARTS) is 1. The Kier molecular flexibility index (Phi) is 4.36. The highest BCUT2D eigenvalue weighted by molar-refractivity contribution is 5.94. The van der Waals surface area contributed by atoms with Gasteiger partial charge in [0.05, 0.1) is 18.6 Å². The standard InChI is InChI=1S/C17H19FN2O5/c1-25-13-3-2-10(8-12(13)18)15(22)20-6-4-17(5-7-20)11(16(23)24)9-14(21)19-17/h2-3,8,11H,4-7,9H2,1H3,(H,19,21)(H,23,24)/t11-/m0/s1. The van der Waals surface area contributed by atoms with Crippen LogP contribution in [0.5, 0.6) is 5.75 Å². The lowest BCUT2D eigenvalue weighted by molar-refractivity contribution is -0.144. The van der Waals surface area contributed by atoms with Gasteiger partial charge in [0.15, 0.2) is 11.6 Å². The summed E-state index contributed by atoms with van der Waals surface area (Å²) in [6.07, 6.45) is 0.688. The van der Waals surface area contributed by atoms with Gasteiger partial charge in [-0.3, -0.25) is 14.4 Å². The second kappa shape index (κ2) is 6.34. The topological polar surface area (TPSA) is 95.9 Å². The van der Waals surface area contributed by atoms with Crippen LogP contribution in [0.15, 0.2) is 18.2 Å². The molecule has 25 heavy (non-hydrogen) atoms. The Morgan fingerprint density at radius 2 is 2.04 bits per heavy atom. The van der Waals surface area contributed by atoms with Crippen LogP contribution in [0.4, 0.5) is 4.39 Å². The van der Waals surface area contributed by atoms with Gasteiger partial charge in [-0.2, -0.15) is 0 Å². The van der Waals surface area contributed by atoms with Crippen LogP contribution in [0, 0.1) is 11.7 Å². The van der Waals surface area contributed by atoms with Gasteiger partial charge in [0, 0.05) is 25.1 Å². The maximum absolute atomic E-state index is 13.8. The van der Waals surface area contributed by atoms with Crippen molar-refractivity contribution in [3.63, 3.8) is 0 Å². The van der Waals surface area contributed by atoms with E-state index in [0.29, 0.717) is 25.9 Å². The molecule has 2 amide bonds. The lowest BCUT2D eigenvalue weighted by atomic mass is 9.77. The van der Waals surface area contributed by atoms with E-state index < -0.39 is 23.2 Å². The SMILES string of the molecule is COc1ccc(C(=O)N2CCC3(CC2)NC(=O)C[C@H]3C(=O)O)cc1F. The van der Waals surface area contributed by atoms with Crippen molar-refractivity contribution in [2.75, 3.05) is 20.2 Å². The van der Waals surface area contributed by atoms with E-state index >= 15 is 0 Å². The van der Waals surface area contributed by atoms with Crippen LogP contribution < -0.4 is 10.1 Å². The molecule has 0 unspecified atom stereocenters. The van der Waals surface area contributed by atoms with Crippen molar-refractivity contribution < 1.29 is 28.6 Å². The highest BCUT2D eigenvalue weighted by Gasteiger charge is 2.52. The normalized spacial score (nSPS) is 21.9. The molecule has 0 aliphatic carbocycles. The highest BCUT2D eigenvalue weighted by atomic mass is 19.1. The van der Waals surface area contributed by atoms with Crippen molar-refractivity contribution in [1.29, 1.82) is 0 Å². The Morgan fingerprint density at radius 1 is 1.36 bits per heavy atom. The smallest absolute Gasteiger partial charge is 0.309 e. The van der Waals surface area contributed by atoms with Crippen LogP contribution in [-0.2, 0) is 9.59 Å². The Balaban J connectivity index is 1.72. The molecule has 0 saturated carbocycles. The van der Waals surface area contributed by atoms with Gasteiger partial charge >= 0.3 is 5.97 Å². The zero-order chi connectivity index (χ0) is 18.2. The number of carbonyl (C=O) groups excluding carboxylic acids is 2. The van der Waals surface area contributed by atoms with E-state index in [1.807, 2.05) is 0 Å². The summed E-state index contributed by atoms with van der Waals surface area (Å²) in [7, 11) is 1.35. The highest BCUT2D eigenvalue weighted by Crippen LogP contribution is 2.37. The van der Waals surface area contributed by atoms with Crippen LogP contribution in [0.25, 0.3) is 0 Å². The molecule has 2 aliphatic heterocycles. The minimum atomic E-state index is -1.00. The molecule has 1 aromatic rings. The Bertz CT molecular complexity index is 728. The Morgan fingerprint density at radius 3 is 2.60 bits per heavy atom. The molecular weight excluding hydrogens is 331 g/mol. The third kappa shape index (κ3) is 3.04. The number of amides is 2. The van der Waals surface area contributed by atoms with Crippen LogP contribution in [0.1, 0.15) is 29.6 Å². The van der Waals surface area contributed by atoms with E-state index in [-0.39, 0.29) is 29.5 Å². The van der Waals surface area contributed by atoms with Crippen molar-refractivity contribution in [3.05, 3.63) is 29.6 Å². The van der Waals surface area contributed by atoms with E-state index in [9.17, 15) is 23.9 Å². The van der Waals surface area contributed by atoms with Crippen LogP contribution in [0.2, 0.25) is 0 Å². The molecule has 1 atom stereocenters. The number of likely N-dealkylation sites (tertiary alicyclic amines) is 1. The third-order valence-corrected chi connectivity index (χ3v) is 5.08. The minimum absolute atomic E-state index is 0.0348. The van der Waals surface area contributed by atoms with Gasteiger partial charge in [0.25, 0.3) is 5.91 Å². The van der Waals surface area contributed by atoms with E-state index in [1.54, 1.807) is 4.90 Å². The van der Waals surface area contributed by atoms with Gasteiger partial charge < -0.3 is 20.1 Å². The molecule has 2 N–H and O–H groups in total. The summed E-state index contributed by atoms with van der Waals surface area (Å²) in [4.78, 5) is 37.2. The maximum Gasteiger partial charge on any atom is 0.309 e. The Hall–Kier alpha value is -2.64. The fraction of sp³-hybridized carbons (Fsp3) is 0.471. The number of hydrogen-bond acceptors (Lipinski definition) is 4. The first-order chi connectivity index (χ1) is 11.9. The number of ether oxygens (including phenoxy) is 1. The molecular formula is C17H19FN2O5. The van der Waals surface area contributed by atoms with E-state index in [1.165, 1.54) is 19.2 Å². The summed E-state index contributed by atoms with van der Waals surface area (Å²) in [6.45, 7) is 0.604. The van der Waals surface area contributed by atoms with Crippen LogP contribution >= 0.6 is 0 Å². The number of methoxy groups -OCH3 is 1. The van der Waals surface area contributed by atoms with Gasteiger partial charge in [-0.05, 0) is 31.0 Å². The molecule has 134 valence electrons. The summed E-state index contributed by atoms with van der Waals surface area (Å²) in [5, 5.41) is 12.1. The molecule has 2 aliphatic rings. The molecule has 2 saturated heterocycles. The van der Waals surface area contributed by atoms with Crippen LogP contribution in [0.3, 0.4) is 0 Å². The molecule has 0 radical (unpaired) electrons. The van der Waals surface area contributed by atoms with E-state index in [2.05, 4.69) is 5.32 Å². The molecule has 0 bridgehead atoms. The third-order valence-electron chi connectivity index (χ3n) is 5.08. The Labute approximate surface area is 143 Å². The van der Waals surface area contributed by atoms with Crippen LogP contribution in [-0.4, -0.2) is 53.5 Å². The fourth-order valence-electron chi connectivity index (χ4n) is 3.68. The average molecular weight is 350 g/mol. The van der Waals surface area contributed by atoms with Crippen molar-refractivity contribution in [2.24, 2.45) is 5.92 Å². The van der Waals surface area contributed by atoms with E-state index in [4.69, 9.17) is 4.74 Å². The van der Waals surface area contributed by atoms with Gasteiger partial charge in [0.2, 0.25) is 5.91 Å². The molecule has 1 aromatic carbocycles. The van der Waals surface area contributed by atoms with E-state index in [0.717, 1.165) is 6.07 Å². The number of nitrogens with zero attached hydrogens (tertiary/aromatic N) is 1. The first kappa shape index (κ1) is 17.2. The number of benzene rings is 1. The summed E-state index contributed by atoms with van der Waals surface area (Å²) in [6, 6.07) is 4.01. The predicted octanol–water partition coefficient (Wildman–Crippen LogP) is 1.03. The number of nitrogens with one attached hydrogen (secondary N) is 1. The van der Waals surface area contributed by atoms with Gasteiger partial charge in [-0.1, -0.05) is 0 Å². The number of halogens is 1. The average Bonchev–Trinajstić information content (AvgIpc) is 2.91. The quantitative estimate of drug-likeness (QED) is 0.849. The monoisotopic (exact) mass is 350 g/mol. The zero-order valence-corrected chi connectivity index (χ0v) is 13.8. The minimum Gasteiger partial charge on any atom is -0.494 e. The first-order valence-electron chi connectivity index (χ1n) is 8.03. The number of carbonyl (C=O) groups is 3. The number of rotatable bonds is 3. The molecule has 7 nitrogen and oxygen atoms in total. The molecule has 3 rings (SSSR count). The van der Waals surface area contributed by atoms with Crippen molar-refractivity contribution in [2.45, 2.75) is 24.8 Å². The van der Waals surface area contributed by atoms with Crippen molar-refractivity contribution >= 4 is 17.8 Å². The summed E-state index contributed by atoms with van der Waals surface area (Å²) in [5.41, 5.74) is -0.593.